The van der Waals surface area contributed by atoms with Gasteiger partial charge in [-0.3, -0.25) is 19.2 Å². The number of hydrogen-bond acceptors (Lipinski definition) is 8. The molecule has 1 aromatic carbocycles. The number of nitrogens with one attached hydrogen (secondary N) is 4. The van der Waals surface area contributed by atoms with Gasteiger partial charge in [0.15, 0.2) is 0 Å². The summed E-state index contributed by atoms with van der Waals surface area (Å²) in [6.45, 7) is -1.59. The summed E-state index contributed by atoms with van der Waals surface area (Å²) in [6, 6.07) is 1.43. The third kappa shape index (κ3) is 7.76. The number of carboxylic acid groups (broad SMARTS) is 2. The SMILES string of the molecule is NC(CO)C(=O)NC(Cc1c[nH]c2ccccc12)C(=O)NC(CO)C(=O)NC(CCC(=O)O)C(=O)O. The number of aliphatic hydroxyl groups excluding tert-OH is 2. The number of carboxylic acids is 2. The number of aromatic nitrogens is 1. The van der Waals surface area contributed by atoms with Crippen LogP contribution in [0.3, 0.4) is 0 Å². The van der Waals surface area contributed by atoms with Crippen LogP contribution in [-0.2, 0) is 30.4 Å². The van der Waals surface area contributed by atoms with Crippen molar-refractivity contribution in [3.8, 4) is 0 Å². The molecule has 3 amide bonds. The fourth-order valence-electron chi connectivity index (χ4n) is 3.36. The zero-order valence-electron chi connectivity index (χ0n) is 19.1. The molecule has 0 saturated heterocycles. The lowest BCUT2D eigenvalue weighted by Gasteiger charge is -2.24. The van der Waals surface area contributed by atoms with Crippen LogP contribution in [0.25, 0.3) is 10.9 Å². The Morgan fingerprint density at radius 2 is 1.47 bits per heavy atom. The van der Waals surface area contributed by atoms with E-state index >= 15 is 0 Å². The molecule has 0 aliphatic carbocycles. The summed E-state index contributed by atoms with van der Waals surface area (Å²) in [5.74, 6) is -5.53. The van der Waals surface area contributed by atoms with E-state index in [0.717, 1.165) is 10.9 Å². The average Bonchev–Trinajstić information content (AvgIpc) is 3.26. The van der Waals surface area contributed by atoms with E-state index in [1.165, 1.54) is 0 Å². The minimum absolute atomic E-state index is 0.0458. The minimum atomic E-state index is -1.60. The first-order chi connectivity index (χ1) is 17.1. The van der Waals surface area contributed by atoms with Gasteiger partial charge >= 0.3 is 11.9 Å². The number of amides is 3. The van der Waals surface area contributed by atoms with Gasteiger partial charge in [-0.1, -0.05) is 18.2 Å². The van der Waals surface area contributed by atoms with Crippen molar-refractivity contribution in [3.63, 3.8) is 0 Å². The second kappa shape index (κ2) is 13.2. The minimum Gasteiger partial charge on any atom is -0.481 e. The van der Waals surface area contributed by atoms with E-state index in [-0.39, 0.29) is 6.42 Å². The Morgan fingerprint density at radius 3 is 2.08 bits per heavy atom. The Balaban J connectivity index is 2.19. The molecule has 2 rings (SSSR count). The maximum absolute atomic E-state index is 13.0. The summed E-state index contributed by atoms with van der Waals surface area (Å²) in [5, 5.41) is 44.3. The molecule has 14 heteroatoms. The number of rotatable bonds is 14. The van der Waals surface area contributed by atoms with Gasteiger partial charge in [-0.05, 0) is 18.1 Å². The van der Waals surface area contributed by atoms with Gasteiger partial charge < -0.3 is 47.1 Å². The first-order valence-corrected chi connectivity index (χ1v) is 10.9. The lowest BCUT2D eigenvalue weighted by molar-refractivity contribution is -0.143. The summed E-state index contributed by atoms with van der Waals surface area (Å²) in [4.78, 5) is 63.0. The van der Waals surface area contributed by atoms with Gasteiger partial charge in [0.1, 0.15) is 24.2 Å². The van der Waals surface area contributed by atoms with Crippen LogP contribution < -0.4 is 21.7 Å². The number of aliphatic hydroxyl groups is 2. The quantitative estimate of drug-likeness (QED) is 0.129. The first kappa shape index (κ1) is 28.2. The van der Waals surface area contributed by atoms with Crippen molar-refractivity contribution in [3.05, 3.63) is 36.0 Å². The molecular formula is C22H29N5O9. The third-order valence-electron chi connectivity index (χ3n) is 5.34. The molecule has 0 bridgehead atoms. The largest absolute Gasteiger partial charge is 0.481 e. The van der Waals surface area contributed by atoms with E-state index < -0.39 is 79.9 Å². The number of aromatic amines is 1. The van der Waals surface area contributed by atoms with E-state index in [9.17, 15) is 34.2 Å². The number of nitrogens with two attached hydrogens (primary N) is 1. The van der Waals surface area contributed by atoms with Crippen LogP contribution in [0.5, 0.6) is 0 Å². The van der Waals surface area contributed by atoms with Gasteiger partial charge in [0.05, 0.1) is 13.2 Å². The lowest BCUT2D eigenvalue weighted by atomic mass is 10.0. The molecule has 0 aliphatic rings. The van der Waals surface area contributed by atoms with Crippen molar-refractivity contribution in [2.24, 2.45) is 5.73 Å². The molecule has 0 radical (unpaired) electrons. The number of aliphatic carboxylic acids is 2. The number of H-pyrrole nitrogens is 1. The van der Waals surface area contributed by atoms with Crippen LogP contribution in [0.15, 0.2) is 30.5 Å². The zero-order chi connectivity index (χ0) is 26.8. The van der Waals surface area contributed by atoms with Crippen molar-refractivity contribution in [1.29, 1.82) is 0 Å². The van der Waals surface area contributed by atoms with Crippen LogP contribution in [0.1, 0.15) is 18.4 Å². The molecule has 1 aromatic heterocycles. The highest BCUT2D eigenvalue weighted by molar-refractivity contribution is 5.95. The van der Waals surface area contributed by atoms with E-state index in [1.807, 2.05) is 6.07 Å². The molecule has 2 aromatic rings. The highest BCUT2D eigenvalue weighted by Gasteiger charge is 2.30. The fraction of sp³-hybridized carbons (Fsp3) is 0.409. The molecule has 0 fully saturated rings. The van der Waals surface area contributed by atoms with Crippen molar-refractivity contribution in [2.45, 2.75) is 43.4 Å². The molecule has 4 atom stereocenters. The Kier molecular flexibility index (Phi) is 10.3. The van der Waals surface area contributed by atoms with Gasteiger partial charge in [0.2, 0.25) is 17.7 Å². The van der Waals surface area contributed by atoms with Gasteiger partial charge in [-0.15, -0.1) is 0 Å². The number of para-hydroxylation sites is 1. The summed E-state index contributed by atoms with van der Waals surface area (Å²) in [7, 11) is 0. The Hall–Kier alpha value is -4.01. The first-order valence-electron chi connectivity index (χ1n) is 10.9. The lowest BCUT2D eigenvalue weighted by Crippen LogP contribution is -2.58. The number of carbonyl (C=O) groups excluding carboxylic acids is 3. The predicted octanol–water partition coefficient (Wildman–Crippen LogP) is -2.57. The maximum atomic E-state index is 13.0. The fourth-order valence-corrected chi connectivity index (χ4v) is 3.36. The van der Waals surface area contributed by atoms with E-state index in [0.29, 0.717) is 5.56 Å². The molecule has 1 heterocycles. The summed E-state index contributed by atoms with van der Waals surface area (Å²) in [5.41, 5.74) is 6.96. The normalized spacial score (nSPS) is 14.3. The van der Waals surface area contributed by atoms with E-state index in [4.69, 9.17) is 15.9 Å². The molecule has 0 spiro atoms. The maximum Gasteiger partial charge on any atom is 0.326 e. The Labute approximate surface area is 204 Å². The standard InChI is InChI=1S/C22H29N5O9/c23-13(9-28)19(32)26-16(7-11-8-24-14-4-2-1-3-12(11)14)20(33)27-17(10-29)21(34)25-15(22(35)36)5-6-18(30)31/h1-4,8,13,15-17,24,28-29H,5-7,9-10,23H2,(H,25,34)(H,26,32)(H,27,33)(H,30,31)(H,35,36). The van der Waals surface area contributed by atoms with Crippen molar-refractivity contribution < 1.29 is 44.4 Å². The Morgan fingerprint density at radius 1 is 0.861 bits per heavy atom. The molecule has 36 heavy (non-hydrogen) atoms. The summed E-state index contributed by atoms with van der Waals surface area (Å²) >= 11 is 0. The number of carbonyl (C=O) groups is 5. The average molecular weight is 508 g/mol. The van der Waals surface area contributed by atoms with Crippen molar-refractivity contribution >= 4 is 40.6 Å². The van der Waals surface area contributed by atoms with E-state index in [1.54, 1.807) is 24.4 Å². The summed E-state index contributed by atoms with van der Waals surface area (Å²) < 4.78 is 0. The molecule has 4 unspecified atom stereocenters. The molecule has 10 N–H and O–H groups in total. The van der Waals surface area contributed by atoms with Gasteiger partial charge in [-0.25, -0.2) is 4.79 Å². The smallest absolute Gasteiger partial charge is 0.326 e. The number of hydrogen-bond donors (Lipinski definition) is 9. The van der Waals surface area contributed by atoms with E-state index in [2.05, 4.69) is 20.9 Å². The monoisotopic (exact) mass is 507 g/mol. The molecular weight excluding hydrogens is 478 g/mol. The van der Waals surface area contributed by atoms with Gasteiger partial charge in [0.25, 0.3) is 0 Å². The van der Waals surface area contributed by atoms with Crippen molar-refractivity contribution in [1.82, 2.24) is 20.9 Å². The molecule has 196 valence electrons. The van der Waals surface area contributed by atoms with Crippen LogP contribution in [0.4, 0.5) is 0 Å². The van der Waals surface area contributed by atoms with Crippen LogP contribution in [0, 0.1) is 0 Å². The third-order valence-corrected chi connectivity index (χ3v) is 5.34. The molecule has 0 aliphatic heterocycles. The van der Waals surface area contributed by atoms with Crippen LogP contribution >= 0.6 is 0 Å². The second-order valence-electron chi connectivity index (χ2n) is 7.99. The second-order valence-corrected chi connectivity index (χ2v) is 7.99. The topological polar surface area (TPSA) is 244 Å². The van der Waals surface area contributed by atoms with Crippen LogP contribution in [0.2, 0.25) is 0 Å². The zero-order valence-corrected chi connectivity index (χ0v) is 19.1. The highest BCUT2D eigenvalue weighted by Crippen LogP contribution is 2.19. The van der Waals surface area contributed by atoms with Crippen LogP contribution in [-0.4, -0.2) is 92.5 Å². The summed E-state index contributed by atoms with van der Waals surface area (Å²) in [6.07, 6.45) is 0.646. The number of fused-ring (bicyclic) bond motifs is 1. The molecule has 14 nitrogen and oxygen atoms in total. The Bertz CT molecular complexity index is 1100. The van der Waals surface area contributed by atoms with Crippen molar-refractivity contribution in [2.75, 3.05) is 13.2 Å². The van der Waals surface area contributed by atoms with Gasteiger partial charge in [0, 0.05) is 29.9 Å². The number of benzene rings is 1. The highest BCUT2D eigenvalue weighted by atomic mass is 16.4. The molecule has 0 saturated carbocycles. The van der Waals surface area contributed by atoms with Gasteiger partial charge in [-0.2, -0.15) is 0 Å². The predicted molar refractivity (Wildman–Crippen MR) is 124 cm³/mol.